The highest BCUT2D eigenvalue weighted by Gasteiger charge is 2.21. The van der Waals surface area contributed by atoms with Gasteiger partial charge in [0.2, 0.25) is 0 Å². The lowest BCUT2D eigenvalue weighted by atomic mass is 9.98. The molecule has 0 aliphatic carbocycles. The predicted molar refractivity (Wildman–Crippen MR) is 88.1 cm³/mol. The lowest BCUT2D eigenvalue weighted by molar-refractivity contribution is 0.405. The molecule has 2 aromatic rings. The van der Waals surface area contributed by atoms with E-state index in [0.29, 0.717) is 10.0 Å². The van der Waals surface area contributed by atoms with E-state index < -0.39 is 0 Å². The van der Waals surface area contributed by atoms with Crippen LogP contribution in [-0.4, -0.2) is 14.2 Å². The Hall–Kier alpha value is -0.740. The third-order valence-electron chi connectivity index (χ3n) is 3.08. The van der Waals surface area contributed by atoms with E-state index in [0.717, 1.165) is 21.3 Å². The van der Waals surface area contributed by atoms with Gasteiger partial charge in [0.25, 0.3) is 0 Å². The molecule has 0 bridgehead atoms. The second-order valence-electron chi connectivity index (χ2n) is 4.24. The molecule has 0 aliphatic heterocycles. The van der Waals surface area contributed by atoms with Crippen molar-refractivity contribution in [3.63, 3.8) is 0 Å². The molecule has 1 N–H and O–H groups in total. The maximum atomic E-state index is 6.31. The van der Waals surface area contributed by atoms with Crippen LogP contribution in [0.4, 0.5) is 0 Å². The topological polar surface area (TPSA) is 21.3 Å². The molecule has 1 unspecified atom stereocenters. The fraction of sp³-hybridized carbons (Fsp3) is 0.200. The number of halogens is 3. The summed E-state index contributed by atoms with van der Waals surface area (Å²) < 4.78 is 6.41. The lowest BCUT2D eigenvalue weighted by Gasteiger charge is -2.22. The average molecular weight is 375 g/mol. The number of rotatable bonds is 4. The monoisotopic (exact) mass is 373 g/mol. The van der Waals surface area contributed by atoms with Crippen LogP contribution < -0.4 is 10.1 Å². The number of hydrogen-bond donors (Lipinski definition) is 1. The Balaban J connectivity index is 2.61. The van der Waals surface area contributed by atoms with Gasteiger partial charge in [-0.25, -0.2) is 0 Å². The van der Waals surface area contributed by atoms with Gasteiger partial charge >= 0.3 is 0 Å². The molecule has 0 radical (unpaired) electrons. The molecular weight excluding hydrogens is 361 g/mol. The van der Waals surface area contributed by atoms with Crippen LogP contribution in [0.15, 0.2) is 40.9 Å². The molecule has 0 aromatic heterocycles. The minimum absolute atomic E-state index is 0.149. The SMILES string of the molecule is CNC(c1cc(Br)ccc1OC)c1c(Cl)cccc1Cl. The molecule has 1 atom stereocenters. The van der Waals surface area contributed by atoms with Gasteiger partial charge in [0.1, 0.15) is 5.75 Å². The van der Waals surface area contributed by atoms with Crippen LogP contribution in [0.25, 0.3) is 0 Å². The van der Waals surface area contributed by atoms with Crippen molar-refractivity contribution in [2.45, 2.75) is 6.04 Å². The van der Waals surface area contributed by atoms with Crippen LogP contribution in [0, 0.1) is 0 Å². The summed E-state index contributed by atoms with van der Waals surface area (Å²) >= 11 is 16.1. The van der Waals surface area contributed by atoms with E-state index in [1.807, 2.05) is 43.4 Å². The van der Waals surface area contributed by atoms with Crippen LogP contribution in [0.3, 0.4) is 0 Å². The summed E-state index contributed by atoms with van der Waals surface area (Å²) in [6.45, 7) is 0. The summed E-state index contributed by atoms with van der Waals surface area (Å²) in [6.07, 6.45) is 0. The first-order valence-corrected chi connectivity index (χ1v) is 7.58. The maximum absolute atomic E-state index is 6.31. The molecule has 2 rings (SSSR count). The Morgan fingerprint density at radius 1 is 1.15 bits per heavy atom. The third kappa shape index (κ3) is 3.12. The highest BCUT2D eigenvalue weighted by atomic mass is 79.9. The van der Waals surface area contributed by atoms with Gasteiger partial charge in [-0.15, -0.1) is 0 Å². The van der Waals surface area contributed by atoms with Crippen molar-refractivity contribution in [3.8, 4) is 5.75 Å². The maximum Gasteiger partial charge on any atom is 0.124 e. The molecule has 0 saturated carbocycles. The summed E-state index contributed by atoms with van der Waals surface area (Å²) in [5, 5.41) is 4.50. The summed E-state index contributed by atoms with van der Waals surface area (Å²) in [7, 11) is 3.51. The number of ether oxygens (including phenoxy) is 1. The summed E-state index contributed by atoms with van der Waals surface area (Å²) in [6, 6.07) is 11.2. The standard InChI is InChI=1S/C15H14BrCl2NO/c1-19-15(14-11(17)4-3-5-12(14)18)10-8-9(16)6-7-13(10)20-2/h3-8,15,19H,1-2H3. The van der Waals surface area contributed by atoms with Gasteiger partial charge in [-0.3, -0.25) is 0 Å². The van der Waals surface area contributed by atoms with Crippen LogP contribution in [0.1, 0.15) is 17.2 Å². The minimum Gasteiger partial charge on any atom is -0.496 e. The Labute approximate surface area is 137 Å². The zero-order valence-corrected chi connectivity index (χ0v) is 14.2. The van der Waals surface area contributed by atoms with E-state index in [2.05, 4.69) is 21.2 Å². The van der Waals surface area contributed by atoms with Crippen molar-refractivity contribution < 1.29 is 4.74 Å². The smallest absolute Gasteiger partial charge is 0.124 e. The van der Waals surface area contributed by atoms with E-state index in [9.17, 15) is 0 Å². The normalized spacial score (nSPS) is 12.2. The first-order valence-electron chi connectivity index (χ1n) is 6.03. The molecule has 0 fully saturated rings. The minimum atomic E-state index is -0.149. The molecule has 0 amide bonds. The molecule has 0 aliphatic rings. The fourth-order valence-corrected chi connectivity index (χ4v) is 3.17. The number of nitrogens with one attached hydrogen (secondary N) is 1. The molecule has 0 heterocycles. The first-order chi connectivity index (χ1) is 9.58. The van der Waals surface area contributed by atoms with E-state index >= 15 is 0 Å². The quantitative estimate of drug-likeness (QED) is 0.806. The molecule has 2 nitrogen and oxygen atoms in total. The van der Waals surface area contributed by atoms with Crippen molar-refractivity contribution in [1.82, 2.24) is 5.32 Å². The summed E-state index contributed by atoms with van der Waals surface area (Å²) in [5.74, 6) is 0.781. The van der Waals surface area contributed by atoms with Crippen LogP contribution >= 0.6 is 39.1 Å². The van der Waals surface area contributed by atoms with Crippen molar-refractivity contribution in [3.05, 3.63) is 62.0 Å². The first kappa shape index (κ1) is 15.6. The zero-order chi connectivity index (χ0) is 14.7. The Kier molecular flexibility index (Phi) is 5.33. The lowest BCUT2D eigenvalue weighted by Crippen LogP contribution is -2.19. The Bertz CT molecular complexity index is 599. The molecular formula is C15H14BrCl2NO. The number of methoxy groups -OCH3 is 1. The van der Waals surface area contributed by atoms with Crippen molar-refractivity contribution in [2.24, 2.45) is 0 Å². The predicted octanol–water partition coefficient (Wildman–Crippen LogP) is 5.07. The molecule has 106 valence electrons. The second kappa shape index (κ2) is 6.81. The largest absolute Gasteiger partial charge is 0.496 e. The highest BCUT2D eigenvalue weighted by Crippen LogP contribution is 2.38. The molecule has 5 heteroatoms. The van der Waals surface area contributed by atoms with Gasteiger partial charge in [-0.1, -0.05) is 45.2 Å². The van der Waals surface area contributed by atoms with E-state index in [1.54, 1.807) is 7.11 Å². The van der Waals surface area contributed by atoms with Crippen molar-refractivity contribution >= 4 is 39.1 Å². The van der Waals surface area contributed by atoms with Gasteiger partial charge in [0.15, 0.2) is 0 Å². The Morgan fingerprint density at radius 3 is 2.35 bits per heavy atom. The zero-order valence-electron chi connectivity index (χ0n) is 11.1. The van der Waals surface area contributed by atoms with E-state index in [1.165, 1.54) is 0 Å². The van der Waals surface area contributed by atoms with Gasteiger partial charge in [-0.2, -0.15) is 0 Å². The fourth-order valence-electron chi connectivity index (χ4n) is 2.17. The molecule has 2 aromatic carbocycles. The molecule has 0 spiro atoms. The van der Waals surface area contributed by atoms with Crippen LogP contribution in [0.5, 0.6) is 5.75 Å². The average Bonchev–Trinajstić information content (AvgIpc) is 2.43. The van der Waals surface area contributed by atoms with Gasteiger partial charge in [-0.05, 0) is 37.4 Å². The van der Waals surface area contributed by atoms with Gasteiger partial charge in [0.05, 0.1) is 13.2 Å². The third-order valence-corrected chi connectivity index (χ3v) is 4.23. The molecule has 0 saturated heterocycles. The van der Waals surface area contributed by atoms with Crippen molar-refractivity contribution in [1.29, 1.82) is 0 Å². The van der Waals surface area contributed by atoms with E-state index in [-0.39, 0.29) is 6.04 Å². The number of benzene rings is 2. The second-order valence-corrected chi connectivity index (χ2v) is 5.97. The summed E-state index contributed by atoms with van der Waals surface area (Å²) in [5.41, 5.74) is 1.81. The number of hydrogen-bond acceptors (Lipinski definition) is 2. The Morgan fingerprint density at radius 2 is 1.80 bits per heavy atom. The highest BCUT2D eigenvalue weighted by molar-refractivity contribution is 9.10. The summed E-state index contributed by atoms with van der Waals surface area (Å²) in [4.78, 5) is 0. The van der Waals surface area contributed by atoms with Crippen LogP contribution in [-0.2, 0) is 0 Å². The van der Waals surface area contributed by atoms with Gasteiger partial charge < -0.3 is 10.1 Å². The molecule has 20 heavy (non-hydrogen) atoms. The van der Waals surface area contributed by atoms with Gasteiger partial charge in [0, 0.05) is 25.6 Å². The van der Waals surface area contributed by atoms with E-state index in [4.69, 9.17) is 27.9 Å². The van der Waals surface area contributed by atoms with Crippen molar-refractivity contribution in [2.75, 3.05) is 14.2 Å². The van der Waals surface area contributed by atoms with Crippen LogP contribution in [0.2, 0.25) is 10.0 Å².